The second-order valence-electron chi connectivity index (χ2n) is 3.17. The van der Waals surface area contributed by atoms with Crippen LogP contribution in [0.25, 0.3) is 0 Å². The molecule has 0 aliphatic heterocycles. The van der Waals surface area contributed by atoms with Crippen LogP contribution in [0.4, 0.5) is 0 Å². The number of carbonyl (C=O) groups is 1. The van der Waals surface area contributed by atoms with Crippen LogP contribution in [0, 0.1) is 0 Å². The normalized spacial score (nSPS) is 12.9. The molecular weight excluding hydrogens is 186 g/mol. The summed E-state index contributed by atoms with van der Waals surface area (Å²) in [5.74, 6) is -0.349. The topological polar surface area (TPSA) is 70.0 Å². The highest BCUT2D eigenvalue weighted by atomic mass is 16.5. The zero-order chi connectivity index (χ0) is 11.0. The van der Waals surface area contributed by atoms with Gasteiger partial charge in [0.2, 0.25) is 0 Å². The first-order valence-electron chi connectivity index (χ1n) is 4.73. The molecule has 0 amide bonds. The van der Waals surface area contributed by atoms with Crippen LogP contribution in [-0.2, 0) is 9.53 Å². The van der Waals surface area contributed by atoms with E-state index in [0.29, 0.717) is 13.0 Å². The Labute approximate surface area is 84.3 Å². The second-order valence-corrected chi connectivity index (χ2v) is 3.17. The predicted octanol–water partition coefficient (Wildman–Crippen LogP) is -0.775. The maximum atomic E-state index is 11.0. The lowest BCUT2D eigenvalue weighted by atomic mass is 10.4. The van der Waals surface area contributed by atoms with E-state index < -0.39 is 6.10 Å². The Balaban J connectivity index is 3.46. The van der Waals surface area contributed by atoms with Crippen LogP contribution in [0.1, 0.15) is 13.3 Å². The molecule has 0 aromatic rings. The van der Waals surface area contributed by atoms with Crippen LogP contribution in [0.15, 0.2) is 0 Å². The van der Waals surface area contributed by atoms with E-state index in [2.05, 4.69) is 0 Å². The van der Waals surface area contributed by atoms with Gasteiger partial charge >= 0.3 is 5.97 Å². The quantitative estimate of drug-likeness (QED) is 0.534. The Morgan fingerprint density at radius 3 is 2.71 bits per heavy atom. The number of rotatable bonds is 7. The van der Waals surface area contributed by atoms with E-state index in [-0.39, 0.29) is 19.2 Å². The SMILES string of the molecule is CCN(C)CCC(=O)OC[C@@H](O)CO. The molecule has 0 aliphatic rings. The molecule has 0 heterocycles. The number of hydrogen-bond acceptors (Lipinski definition) is 5. The summed E-state index contributed by atoms with van der Waals surface area (Å²) in [6.07, 6.45) is -0.662. The molecule has 84 valence electrons. The van der Waals surface area contributed by atoms with E-state index in [9.17, 15) is 4.79 Å². The smallest absolute Gasteiger partial charge is 0.307 e. The standard InChI is InChI=1S/C9H19NO4/c1-3-10(2)5-4-9(13)14-7-8(12)6-11/h8,11-12H,3-7H2,1-2H3/t8-/m0/s1. The fourth-order valence-electron chi connectivity index (χ4n) is 0.754. The minimum Gasteiger partial charge on any atom is -0.463 e. The van der Waals surface area contributed by atoms with E-state index >= 15 is 0 Å². The van der Waals surface area contributed by atoms with Gasteiger partial charge in [-0.3, -0.25) is 4.79 Å². The summed E-state index contributed by atoms with van der Waals surface area (Å²) in [7, 11) is 1.91. The molecule has 5 heteroatoms. The van der Waals surface area contributed by atoms with Crippen LogP contribution in [-0.4, -0.2) is 60.5 Å². The van der Waals surface area contributed by atoms with E-state index in [1.807, 2.05) is 18.9 Å². The summed E-state index contributed by atoms with van der Waals surface area (Å²) in [6.45, 7) is 3.01. The van der Waals surface area contributed by atoms with Gasteiger partial charge in [-0.1, -0.05) is 6.92 Å². The Morgan fingerprint density at radius 2 is 2.21 bits per heavy atom. The molecule has 0 unspecified atom stereocenters. The van der Waals surface area contributed by atoms with E-state index in [1.54, 1.807) is 0 Å². The highest BCUT2D eigenvalue weighted by molar-refractivity contribution is 5.69. The lowest BCUT2D eigenvalue weighted by Crippen LogP contribution is -2.25. The van der Waals surface area contributed by atoms with E-state index in [1.165, 1.54) is 0 Å². The average molecular weight is 205 g/mol. The van der Waals surface area contributed by atoms with Crippen molar-refractivity contribution in [3.8, 4) is 0 Å². The minimum atomic E-state index is -0.970. The summed E-state index contributed by atoms with van der Waals surface area (Å²) < 4.78 is 4.71. The zero-order valence-corrected chi connectivity index (χ0v) is 8.77. The summed E-state index contributed by atoms with van der Waals surface area (Å²) in [5.41, 5.74) is 0. The van der Waals surface area contributed by atoms with Crippen molar-refractivity contribution in [1.29, 1.82) is 0 Å². The third-order valence-corrected chi connectivity index (χ3v) is 1.88. The number of aliphatic hydroxyl groups excluding tert-OH is 2. The molecule has 0 aliphatic carbocycles. The molecule has 0 aromatic heterocycles. The third kappa shape index (κ3) is 6.82. The van der Waals surface area contributed by atoms with Crippen LogP contribution in [0.2, 0.25) is 0 Å². The van der Waals surface area contributed by atoms with Crippen molar-refractivity contribution < 1.29 is 19.7 Å². The van der Waals surface area contributed by atoms with Gasteiger partial charge in [-0.2, -0.15) is 0 Å². The lowest BCUT2D eigenvalue weighted by Gasteiger charge is -2.13. The number of carbonyl (C=O) groups excluding carboxylic acids is 1. The minimum absolute atomic E-state index is 0.134. The molecule has 5 nitrogen and oxygen atoms in total. The molecule has 0 spiro atoms. The van der Waals surface area contributed by atoms with Crippen molar-refractivity contribution in [2.45, 2.75) is 19.4 Å². The fourth-order valence-corrected chi connectivity index (χ4v) is 0.754. The van der Waals surface area contributed by atoms with Crippen LogP contribution in [0.3, 0.4) is 0 Å². The maximum Gasteiger partial charge on any atom is 0.307 e. The van der Waals surface area contributed by atoms with Gasteiger partial charge < -0.3 is 19.8 Å². The summed E-state index contributed by atoms with van der Waals surface area (Å²) in [4.78, 5) is 13.0. The van der Waals surface area contributed by atoms with E-state index in [0.717, 1.165) is 6.54 Å². The van der Waals surface area contributed by atoms with Crippen molar-refractivity contribution in [2.75, 3.05) is 33.4 Å². The molecule has 0 fully saturated rings. The van der Waals surface area contributed by atoms with Gasteiger partial charge in [0.15, 0.2) is 0 Å². The first-order chi connectivity index (χ1) is 6.60. The molecule has 0 aromatic carbocycles. The summed E-state index contributed by atoms with van der Waals surface area (Å²) in [6, 6.07) is 0. The molecule has 0 saturated heterocycles. The number of nitrogens with zero attached hydrogens (tertiary/aromatic N) is 1. The van der Waals surface area contributed by atoms with Crippen molar-refractivity contribution in [2.24, 2.45) is 0 Å². The van der Waals surface area contributed by atoms with Crippen molar-refractivity contribution in [1.82, 2.24) is 4.90 Å². The highest BCUT2D eigenvalue weighted by Crippen LogP contribution is 1.92. The lowest BCUT2D eigenvalue weighted by molar-refractivity contribution is -0.147. The van der Waals surface area contributed by atoms with Crippen molar-refractivity contribution >= 4 is 5.97 Å². The molecule has 2 N–H and O–H groups in total. The maximum absolute atomic E-state index is 11.0. The summed E-state index contributed by atoms with van der Waals surface area (Å²) in [5, 5.41) is 17.3. The van der Waals surface area contributed by atoms with Gasteiger partial charge in [-0.05, 0) is 13.6 Å². The molecule has 14 heavy (non-hydrogen) atoms. The first-order valence-corrected chi connectivity index (χ1v) is 4.73. The number of aliphatic hydroxyl groups is 2. The molecule has 0 rings (SSSR count). The van der Waals surface area contributed by atoms with Gasteiger partial charge in [0.05, 0.1) is 13.0 Å². The molecule has 1 atom stereocenters. The van der Waals surface area contributed by atoms with Gasteiger partial charge in [0, 0.05) is 6.54 Å². The van der Waals surface area contributed by atoms with Crippen LogP contribution < -0.4 is 0 Å². The van der Waals surface area contributed by atoms with Gasteiger partial charge in [-0.25, -0.2) is 0 Å². The Morgan fingerprint density at radius 1 is 1.57 bits per heavy atom. The van der Waals surface area contributed by atoms with Gasteiger partial charge in [-0.15, -0.1) is 0 Å². The van der Waals surface area contributed by atoms with Crippen molar-refractivity contribution in [3.05, 3.63) is 0 Å². The predicted molar refractivity (Wildman–Crippen MR) is 51.8 cm³/mol. The number of esters is 1. The molecule has 0 bridgehead atoms. The van der Waals surface area contributed by atoms with Gasteiger partial charge in [0.25, 0.3) is 0 Å². The third-order valence-electron chi connectivity index (χ3n) is 1.88. The Kier molecular flexibility index (Phi) is 7.37. The number of hydrogen-bond donors (Lipinski definition) is 2. The van der Waals surface area contributed by atoms with Crippen LogP contribution in [0.5, 0.6) is 0 Å². The fraction of sp³-hybridized carbons (Fsp3) is 0.889. The average Bonchev–Trinajstić information content (AvgIpc) is 2.22. The second kappa shape index (κ2) is 7.73. The molecule has 0 saturated carbocycles. The largest absolute Gasteiger partial charge is 0.463 e. The van der Waals surface area contributed by atoms with Gasteiger partial charge in [0.1, 0.15) is 12.7 Å². The Bertz CT molecular complexity index is 147. The first kappa shape index (κ1) is 13.4. The van der Waals surface area contributed by atoms with E-state index in [4.69, 9.17) is 14.9 Å². The zero-order valence-electron chi connectivity index (χ0n) is 8.77. The molecular formula is C9H19NO4. The monoisotopic (exact) mass is 205 g/mol. The number of ether oxygens (including phenoxy) is 1. The summed E-state index contributed by atoms with van der Waals surface area (Å²) >= 11 is 0. The van der Waals surface area contributed by atoms with Crippen molar-refractivity contribution in [3.63, 3.8) is 0 Å². The molecule has 0 radical (unpaired) electrons. The highest BCUT2D eigenvalue weighted by Gasteiger charge is 2.08. The Hall–Kier alpha value is -0.650. The van der Waals surface area contributed by atoms with Crippen LogP contribution >= 0.6 is 0 Å².